The van der Waals surface area contributed by atoms with Gasteiger partial charge in [-0.1, -0.05) is 6.07 Å². The minimum atomic E-state index is -1.14. The van der Waals surface area contributed by atoms with E-state index < -0.39 is 23.9 Å². The number of carbonyl (C=O) groups is 1. The predicted molar refractivity (Wildman–Crippen MR) is 94.2 cm³/mol. The average Bonchev–Trinajstić information content (AvgIpc) is 2.58. The molecule has 0 aliphatic carbocycles. The van der Waals surface area contributed by atoms with E-state index in [1.807, 2.05) is 0 Å². The third-order valence-electron chi connectivity index (χ3n) is 5.09. The molecule has 4 N–H and O–H groups in total. The van der Waals surface area contributed by atoms with E-state index in [0.717, 1.165) is 6.07 Å². The Balaban J connectivity index is 1.71. The van der Waals surface area contributed by atoms with Crippen molar-refractivity contribution in [2.24, 2.45) is 0 Å². The van der Waals surface area contributed by atoms with Gasteiger partial charge in [-0.05, 0) is 31.5 Å². The zero-order chi connectivity index (χ0) is 19.5. The van der Waals surface area contributed by atoms with Gasteiger partial charge in [-0.15, -0.1) is 0 Å². The second-order valence-electron chi connectivity index (χ2n) is 7.46. The van der Waals surface area contributed by atoms with Gasteiger partial charge in [-0.25, -0.2) is 0 Å². The number of phenolic OH excluding ortho intramolecular Hbond substituents is 2. The molecule has 0 aromatic heterocycles. The van der Waals surface area contributed by atoms with Gasteiger partial charge in [0.2, 0.25) is 0 Å². The largest absolute Gasteiger partial charge is 0.508 e. The van der Waals surface area contributed by atoms with Crippen LogP contribution in [0.4, 0.5) is 0 Å². The fraction of sp³-hybridized carbons (Fsp3) is 0.350. The number of benzene rings is 2. The first-order chi connectivity index (χ1) is 12.7. The molecule has 2 aliphatic rings. The molecule has 7 nitrogen and oxygen atoms in total. The number of hydrogen-bond acceptors (Lipinski definition) is 7. The van der Waals surface area contributed by atoms with Crippen LogP contribution in [0.1, 0.15) is 54.0 Å². The van der Waals surface area contributed by atoms with Gasteiger partial charge in [0, 0.05) is 17.7 Å². The van der Waals surface area contributed by atoms with Crippen molar-refractivity contribution in [1.29, 1.82) is 0 Å². The highest BCUT2D eigenvalue weighted by molar-refractivity contribution is 6.02. The Kier molecular flexibility index (Phi) is 3.83. The van der Waals surface area contributed by atoms with Crippen molar-refractivity contribution in [3.63, 3.8) is 0 Å². The minimum absolute atomic E-state index is 0.00484. The molecule has 0 saturated carbocycles. The summed E-state index contributed by atoms with van der Waals surface area (Å²) in [5.74, 6) is -0.286. The molecule has 7 heteroatoms. The van der Waals surface area contributed by atoms with Crippen LogP contribution in [0.25, 0.3) is 0 Å². The summed E-state index contributed by atoms with van der Waals surface area (Å²) in [7, 11) is 0. The molecule has 142 valence electrons. The lowest BCUT2D eigenvalue weighted by Crippen LogP contribution is -2.48. The number of Topliss-reactive ketones (excluding diaryl/α,β-unsaturated/α-hetero) is 1. The number of hydrogen-bond donors (Lipinski definition) is 4. The highest BCUT2D eigenvalue weighted by atomic mass is 16.5. The zero-order valence-corrected chi connectivity index (χ0v) is 14.8. The van der Waals surface area contributed by atoms with Gasteiger partial charge in [0.25, 0.3) is 0 Å². The second kappa shape index (κ2) is 5.87. The van der Waals surface area contributed by atoms with E-state index in [1.165, 1.54) is 6.07 Å². The maximum absolute atomic E-state index is 12.5. The van der Waals surface area contributed by atoms with E-state index in [-0.39, 0.29) is 35.0 Å². The van der Waals surface area contributed by atoms with Crippen molar-refractivity contribution in [3.05, 3.63) is 47.0 Å². The Bertz CT molecular complexity index is 934. The first-order valence-electron chi connectivity index (χ1n) is 8.62. The molecule has 0 radical (unpaired) electrons. The third-order valence-corrected chi connectivity index (χ3v) is 5.09. The Morgan fingerprint density at radius 3 is 2.56 bits per heavy atom. The molecule has 0 spiro atoms. The molecule has 3 atom stereocenters. The van der Waals surface area contributed by atoms with Crippen LogP contribution in [-0.4, -0.2) is 37.9 Å². The van der Waals surface area contributed by atoms with E-state index in [2.05, 4.69) is 0 Å². The molecule has 0 fully saturated rings. The standard InChI is InChI=1S/C20H20O7/c1-20(2)19(25)18(24)11-5-9(3-4-14(11)27-20)15-8-13(23)17-12(22)6-10(21)7-16(17)26-15/h3-7,15,18-19,21-22,24-25H,8H2,1-2H3/t15-,18+,19+/m0/s1. The molecular formula is C20H20O7. The van der Waals surface area contributed by atoms with E-state index in [0.29, 0.717) is 16.9 Å². The molecular weight excluding hydrogens is 352 g/mol. The Morgan fingerprint density at radius 1 is 1.07 bits per heavy atom. The lowest BCUT2D eigenvalue weighted by Gasteiger charge is -2.40. The van der Waals surface area contributed by atoms with Crippen LogP contribution in [0.5, 0.6) is 23.0 Å². The van der Waals surface area contributed by atoms with Gasteiger partial charge in [0.15, 0.2) is 5.78 Å². The number of fused-ring (bicyclic) bond motifs is 2. The molecule has 2 aromatic rings. The van der Waals surface area contributed by atoms with E-state index in [1.54, 1.807) is 32.0 Å². The van der Waals surface area contributed by atoms with Crippen molar-refractivity contribution < 1.29 is 34.7 Å². The first kappa shape index (κ1) is 17.6. The molecule has 0 saturated heterocycles. The van der Waals surface area contributed by atoms with Crippen LogP contribution >= 0.6 is 0 Å². The molecule has 4 rings (SSSR count). The molecule has 2 heterocycles. The van der Waals surface area contributed by atoms with Crippen LogP contribution in [0.2, 0.25) is 0 Å². The van der Waals surface area contributed by atoms with Gasteiger partial charge < -0.3 is 29.9 Å². The quantitative estimate of drug-likeness (QED) is 0.607. The molecule has 2 aliphatic heterocycles. The predicted octanol–water partition coefficient (Wildman–Crippen LogP) is 2.37. The summed E-state index contributed by atoms with van der Waals surface area (Å²) in [6, 6.07) is 7.41. The Morgan fingerprint density at radius 2 is 1.81 bits per heavy atom. The number of aromatic hydroxyl groups is 2. The maximum atomic E-state index is 12.5. The van der Waals surface area contributed by atoms with Crippen molar-refractivity contribution in [1.82, 2.24) is 0 Å². The molecule has 0 amide bonds. The van der Waals surface area contributed by atoms with E-state index >= 15 is 0 Å². The van der Waals surface area contributed by atoms with Gasteiger partial charge in [0.1, 0.15) is 52.5 Å². The average molecular weight is 372 g/mol. The molecule has 0 unspecified atom stereocenters. The number of phenols is 2. The number of ether oxygens (including phenoxy) is 2. The summed E-state index contributed by atoms with van der Waals surface area (Å²) in [5.41, 5.74) is 0.145. The van der Waals surface area contributed by atoms with Crippen LogP contribution in [0.3, 0.4) is 0 Å². The van der Waals surface area contributed by atoms with E-state index in [9.17, 15) is 25.2 Å². The lowest BCUT2D eigenvalue weighted by molar-refractivity contribution is -0.111. The van der Waals surface area contributed by atoms with Gasteiger partial charge in [0.05, 0.1) is 6.42 Å². The van der Waals surface area contributed by atoms with Gasteiger partial charge in [-0.2, -0.15) is 0 Å². The van der Waals surface area contributed by atoms with Crippen LogP contribution in [-0.2, 0) is 0 Å². The number of aliphatic hydroxyl groups excluding tert-OH is 2. The molecule has 27 heavy (non-hydrogen) atoms. The summed E-state index contributed by atoms with van der Waals surface area (Å²) in [6.07, 6.45) is -2.90. The number of ketones is 1. The SMILES string of the molecule is CC1(C)Oc2ccc([C@@H]3CC(=O)c4c(O)cc(O)cc4O3)cc2[C@@H](O)[C@H]1O. The van der Waals surface area contributed by atoms with Crippen LogP contribution < -0.4 is 9.47 Å². The fourth-order valence-electron chi connectivity index (χ4n) is 3.60. The maximum Gasteiger partial charge on any atom is 0.174 e. The molecule has 2 aromatic carbocycles. The number of aliphatic hydroxyl groups is 2. The number of carbonyl (C=O) groups excluding carboxylic acids is 1. The van der Waals surface area contributed by atoms with Gasteiger partial charge in [-0.3, -0.25) is 4.79 Å². The Labute approximate surface area is 155 Å². The summed E-state index contributed by atoms with van der Waals surface area (Å²) in [5, 5.41) is 40.3. The van der Waals surface area contributed by atoms with Crippen molar-refractivity contribution in [2.45, 2.75) is 44.2 Å². The normalized spacial score (nSPS) is 25.8. The summed E-state index contributed by atoms with van der Waals surface area (Å²) in [4.78, 5) is 12.5. The van der Waals surface area contributed by atoms with Crippen molar-refractivity contribution in [2.75, 3.05) is 0 Å². The summed E-state index contributed by atoms with van der Waals surface area (Å²) >= 11 is 0. The summed E-state index contributed by atoms with van der Waals surface area (Å²) in [6.45, 7) is 3.38. The second-order valence-corrected chi connectivity index (χ2v) is 7.46. The fourth-order valence-corrected chi connectivity index (χ4v) is 3.60. The van der Waals surface area contributed by atoms with Crippen molar-refractivity contribution in [3.8, 4) is 23.0 Å². The first-order valence-corrected chi connectivity index (χ1v) is 8.62. The molecule has 0 bridgehead atoms. The smallest absolute Gasteiger partial charge is 0.174 e. The highest BCUT2D eigenvalue weighted by Crippen LogP contribution is 2.44. The van der Waals surface area contributed by atoms with E-state index in [4.69, 9.17) is 9.47 Å². The summed E-state index contributed by atoms with van der Waals surface area (Å²) < 4.78 is 11.6. The monoisotopic (exact) mass is 372 g/mol. The van der Waals surface area contributed by atoms with Crippen LogP contribution in [0.15, 0.2) is 30.3 Å². The van der Waals surface area contributed by atoms with Crippen LogP contribution in [0, 0.1) is 0 Å². The van der Waals surface area contributed by atoms with Gasteiger partial charge >= 0.3 is 0 Å². The minimum Gasteiger partial charge on any atom is -0.508 e. The third kappa shape index (κ3) is 2.79. The topological polar surface area (TPSA) is 116 Å². The van der Waals surface area contributed by atoms with Crippen molar-refractivity contribution >= 4 is 5.78 Å². The number of rotatable bonds is 1. The zero-order valence-electron chi connectivity index (χ0n) is 14.8. The lowest BCUT2D eigenvalue weighted by atomic mass is 9.86. The Hall–Kier alpha value is -2.77. The highest BCUT2D eigenvalue weighted by Gasteiger charge is 2.42.